The second kappa shape index (κ2) is 7.07. The third-order valence-corrected chi connectivity index (χ3v) is 5.92. The zero-order chi connectivity index (χ0) is 18.1. The number of nitrogens with zero attached hydrogens (tertiary/aromatic N) is 2. The first-order valence-electron chi connectivity index (χ1n) is 8.87. The summed E-state index contributed by atoms with van der Waals surface area (Å²) in [7, 11) is 1.59. The lowest BCUT2D eigenvalue weighted by Crippen LogP contribution is -2.34. The summed E-state index contributed by atoms with van der Waals surface area (Å²) in [6, 6.07) is 7.26. The van der Waals surface area contributed by atoms with Crippen molar-refractivity contribution >= 4 is 28.8 Å². The maximum absolute atomic E-state index is 12.5. The number of thiazole rings is 1. The topological polar surface area (TPSA) is 71.5 Å². The van der Waals surface area contributed by atoms with Crippen LogP contribution in [0.1, 0.15) is 33.2 Å². The number of methoxy groups -OCH3 is 1. The highest BCUT2D eigenvalue weighted by Gasteiger charge is 2.34. The van der Waals surface area contributed by atoms with Gasteiger partial charge in [0.25, 0.3) is 5.91 Å². The Bertz CT molecular complexity index is 819. The largest absolute Gasteiger partial charge is 0.497 e. The van der Waals surface area contributed by atoms with Crippen LogP contribution in [0.5, 0.6) is 5.75 Å². The fourth-order valence-corrected chi connectivity index (χ4v) is 4.15. The molecular formula is C19H21N3O3S. The maximum Gasteiger partial charge on any atom is 0.284 e. The molecule has 2 heterocycles. The third kappa shape index (κ3) is 3.58. The summed E-state index contributed by atoms with van der Waals surface area (Å²) in [5, 5.41) is 3.34. The summed E-state index contributed by atoms with van der Waals surface area (Å²) in [5.74, 6) is 1.03. The van der Waals surface area contributed by atoms with Crippen LogP contribution in [0.25, 0.3) is 0 Å². The van der Waals surface area contributed by atoms with Crippen LogP contribution in [0.4, 0.5) is 5.69 Å². The lowest BCUT2D eigenvalue weighted by molar-refractivity contribution is -0.132. The Labute approximate surface area is 156 Å². The van der Waals surface area contributed by atoms with Gasteiger partial charge in [0.15, 0.2) is 5.01 Å². The molecule has 0 radical (unpaired) electrons. The molecule has 0 bridgehead atoms. The molecule has 136 valence electrons. The fraction of sp³-hybridized carbons (Fsp3) is 0.421. The van der Waals surface area contributed by atoms with Gasteiger partial charge in [-0.15, -0.1) is 11.3 Å². The van der Waals surface area contributed by atoms with Crippen LogP contribution in [0.15, 0.2) is 24.3 Å². The van der Waals surface area contributed by atoms with Crippen LogP contribution in [0.3, 0.4) is 0 Å². The Hall–Kier alpha value is -2.41. The molecule has 7 heteroatoms. The minimum absolute atomic E-state index is 0.206. The molecule has 2 aromatic rings. The highest BCUT2D eigenvalue weighted by molar-refractivity contribution is 7.13. The first-order chi connectivity index (χ1) is 12.6. The van der Waals surface area contributed by atoms with Gasteiger partial charge in [0, 0.05) is 48.5 Å². The highest BCUT2D eigenvalue weighted by atomic mass is 32.1. The van der Waals surface area contributed by atoms with Crippen molar-refractivity contribution in [3.8, 4) is 5.75 Å². The second-order valence-electron chi connectivity index (χ2n) is 6.67. The number of carbonyl (C=O) groups is 2. The van der Waals surface area contributed by atoms with Gasteiger partial charge in [0.1, 0.15) is 5.75 Å². The van der Waals surface area contributed by atoms with Crippen molar-refractivity contribution in [2.45, 2.75) is 25.7 Å². The number of fused-ring (bicyclic) bond motifs is 1. The molecule has 0 unspecified atom stereocenters. The zero-order valence-corrected chi connectivity index (χ0v) is 15.5. The van der Waals surface area contributed by atoms with E-state index in [1.807, 2.05) is 23.1 Å². The van der Waals surface area contributed by atoms with Gasteiger partial charge in [0.2, 0.25) is 5.91 Å². The van der Waals surface area contributed by atoms with E-state index in [2.05, 4.69) is 10.3 Å². The van der Waals surface area contributed by atoms with Crippen LogP contribution in [-0.2, 0) is 17.6 Å². The van der Waals surface area contributed by atoms with Crippen molar-refractivity contribution in [1.29, 1.82) is 0 Å². The predicted molar refractivity (Wildman–Crippen MR) is 99.8 cm³/mol. The molecule has 0 saturated heterocycles. The summed E-state index contributed by atoms with van der Waals surface area (Å²) in [6.45, 7) is 1.42. The van der Waals surface area contributed by atoms with Gasteiger partial charge in [-0.2, -0.15) is 0 Å². The molecule has 1 saturated carbocycles. The Balaban J connectivity index is 1.43. The summed E-state index contributed by atoms with van der Waals surface area (Å²) < 4.78 is 5.18. The molecule has 1 aromatic heterocycles. The van der Waals surface area contributed by atoms with Crippen molar-refractivity contribution in [2.75, 3.05) is 25.5 Å². The molecule has 1 aliphatic heterocycles. The standard InChI is InChI=1S/C19H21N3O3S/c1-25-14-4-2-3-13(11-14)20-17(23)18-21-15-7-9-22(10-8-16(15)26-18)19(24)12-5-6-12/h2-4,11-12H,5-10H2,1H3,(H,20,23). The minimum atomic E-state index is -0.206. The zero-order valence-electron chi connectivity index (χ0n) is 14.7. The number of aromatic nitrogens is 1. The summed E-state index contributed by atoms with van der Waals surface area (Å²) in [4.78, 5) is 32.4. The van der Waals surface area contributed by atoms with Crippen LogP contribution in [-0.4, -0.2) is 41.9 Å². The molecule has 0 spiro atoms. The lowest BCUT2D eigenvalue weighted by Gasteiger charge is -2.19. The van der Waals surface area contributed by atoms with Crippen LogP contribution >= 0.6 is 11.3 Å². The van der Waals surface area contributed by atoms with E-state index in [0.29, 0.717) is 23.0 Å². The maximum atomic E-state index is 12.5. The average Bonchev–Trinajstić information content (AvgIpc) is 3.45. The normalized spacial score (nSPS) is 16.6. The van der Waals surface area contributed by atoms with Crippen LogP contribution in [0, 0.1) is 5.92 Å². The molecule has 2 aliphatic rings. The quantitative estimate of drug-likeness (QED) is 0.897. The Morgan fingerprint density at radius 1 is 1.27 bits per heavy atom. The average molecular weight is 371 g/mol. The number of ether oxygens (including phenoxy) is 1. The van der Waals surface area contributed by atoms with E-state index >= 15 is 0 Å². The van der Waals surface area contributed by atoms with E-state index < -0.39 is 0 Å². The van der Waals surface area contributed by atoms with Gasteiger partial charge in [-0.1, -0.05) is 6.07 Å². The first-order valence-corrected chi connectivity index (χ1v) is 9.68. The van der Waals surface area contributed by atoms with Crippen molar-refractivity contribution < 1.29 is 14.3 Å². The smallest absolute Gasteiger partial charge is 0.284 e. The van der Waals surface area contributed by atoms with E-state index in [0.717, 1.165) is 42.8 Å². The number of anilines is 1. The molecule has 26 heavy (non-hydrogen) atoms. The van der Waals surface area contributed by atoms with Crippen molar-refractivity contribution in [2.24, 2.45) is 5.92 Å². The molecule has 6 nitrogen and oxygen atoms in total. The number of amides is 2. The number of nitrogens with one attached hydrogen (secondary N) is 1. The van der Waals surface area contributed by atoms with E-state index in [1.165, 1.54) is 11.3 Å². The minimum Gasteiger partial charge on any atom is -0.497 e. The van der Waals surface area contributed by atoms with Gasteiger partial charge in [-0.3, -0.25) is 9.59 Å². The number of hydrogen-bond acceptors (Lipinski definition) is 5. The van der Waals surface area contributed by atoms with E-state index in [-0.39, 0.29) is 17.7 Å². The third-order valence-electron chi connectivity index (χ3n) is 4.77. The SMILES string of the molecule is COc1cccc(NC(=O)c2nc3c(s2)CCN(C(=O)C2CC2)CC3)c1. The highest BCUT2D eigenvalue weighted by Crippen LogP contribution is 2.32. The molecule has 0 atom stereocenters. The summed E-state index contributed by atoms with van der Waals surface area (Å²) in [6.07, 6.45) is 3.56. The molecule has 1 aliphatic carbocycles. The van der Waals surface area contributed by atoms with E-state index in [9.17, 15) is 9.59 Å². The Morgan fingerprint density at radius 3 is 2.85 bits per heavy atom. The number of hydrogen-bond donors (Lipinski definition) is 1. The Kier molecular flexibility index (Phi) is 4.63. The van der Waals surface area contributed by atoms with Crippen molar-refractivity contribution in [3.05, 3.63) is 39.8 Å². The van der Waals surface area contributed by atoms with Gasteiger partial charge in [-0.05, 0) is 25.0 Å². The first kappa shape index (κ1) is 17.0. The second-order valence-corrected chi connectivity index (χ2v) is 7.76. The van der Waals surface area contributed by atoms with E-state index in [4.69, 9.17) is 4.74 Å². The van der Waals surface area contributed by atoms with Crippen LogP contribution < -0.4 is 10.1 Å². The Morgan fingerprint density at radius 2 is 2.08 bits per heavy atom. The molecule has 4 rings (SSSR count). The van der Waals surface area contributed by atoms with Crippen LogP contribution in [0.2, 0.25) is 0 Å². The van der Waals surface area contributed by atoms with E-state index in [1.54, 1.807) is 13.2 Å². The fourth-order valence-electron chi connectivity index (χ4n) is 3.15. The molecule has 1 N–H and O–H groups in total. The van der Waals surface area contributed by atoms with Crippen molar-refractivity contribution in [3.63, 3.8) is 0 Å². The van der Waals surface area contributed by atoms with Gasteiger partial charge in [-0.25, -0.2) is 4.98 Å². The summed E-state index contributed by atoms with van der Waals surface area (Å²) >= 11 is 1.43. The van der Waals surface area contributed by atoms with Gasteiger partial charge < -0.3 is 15.0 Å². The summed E-state index contributed by atoms with van der Waals surface area (Å²) in [5.41, 5.74) is 1.64. The number of benzene rings is 1. The number of rotatable bonds is 4. The lowest BCUT2D eigenvalue weighted by atomic mass is 10.2. The molecule has 1 fully saturated rings. The number of carbonyl (C=O) groups excluding carboxylic acids is 2. The molecule has 2 amide bonds. The molecule has 1 aromatic carbocycles. The molecular weight excluding hydrogens is 350 g/mol. The van der Waals surface area contributed by atoms with Crippen molar-refractivity contribution in [1.82, 2.24) is 9.88 Å². The van der Waals surface area contributed by atoms with Gasteiger partial charge >= 0.3 is 0 Å². The monoisotopic (exact) mass is 371 g/mol. The van der Waals surface area contributed by atoms with Gasteiger partial charge in [0.05, 0.1) is 12.8 Å². The predicted octanol–water partition coefficient (Wildman–Crippen LogP) is 2.74.